The summed E-state index contributed by atoms with van der Waals surface area (Å²) in [6.45, 7) is -0.512. The van der Waals surface area contributed by atoms with Crippen molar-refractivity contribution in [3.63, 3.8) is 0 Å². The molecule has 1 N–H and O–H groups in total. The molecule has 1 aliphatic carbocycles. The van der Waals surface area contributed by atoms with Crippen molar-refractivity contribution in [3.05, 3.63) is 63.6 Å². The summed E-state index contributed by atoms with van der Waals surface area (Å²) in [5.74, 6) is -0.568. The minimum atomic E-state index is -3.77. The molecule has 4 nitrogen and oxygen atoms in total. The van der Waals surface area contributed by atoms with Gasteiger partial charge in [0.1, 0.15) is 5.41 Å². The van der Waals surface area contributed by atoms with Crippen molar-refractivity contribution in [2.75, 3.05) is 6.61 Å². The molecule has 0 heterocycles. The molecular formula is C17H13BrClNO3S. The SMILES string of the molecule is N#C[C@@]1(CO)[C@@H](c2ccc(Br)cc2)[C@@H]1S(=O)(=O)c1ccc(Cl)cc1. The Bertz CT molecular complexity index is 906. The molecule has 0 saturated heterocycles. The van der Waals surface area contributed by atoms with Crippen LogP contribution in [0.25, 0.3) is 0 Å². The van der Waals surface area contributed by atoms with Crippen LogP contribution in [-0.2, 0) is 9.84 Å². The summed E-state index contributed by atoms with van der Waals surface area (Å²) >= 11 is 9.15. The van der Waals surface area contributed by atoms with E-state index in [1.54, 1.807) is 24.3 Å². The molecule has 3 rings (SSSR count). The van der Waals surface area contributed by atoms with Gasteiger partial charge in [-0.1, -0.05) is 39.7 Å². The predicted octanol–water partition coefficient (Wildman–Crippen LogP) is 3.54. The number of halogens is 2. The number of benzene rings is 2. The topological polar surface area (TPSA) is 78.2 Å². The lowest BCUT2D eigenvalue weighted by molar-refractivity contribution is 0.242. The lowest BCUT2D eigenvalue weighted by Gasteiger charge is -2.06. The smallest absolute Gasteiger partial charge is 0.183 e. The lowest BCUT2D eigenvalue weighted by Crippen LogP contribution is -2.18. The summed E-state index contributed by atoms with van der Waals surface area (Å²) in [6.07, 6.45) is 0. The zero-order chi connectivity index (χ0) is 17.5. The number of nitriles is 1. The molecule has 2 aromatic rings. The lowest BCUT2D eigenvalue weighted by atomic mass is 10.0. The van der Waals surface area contributed by atoms with Crippen LogP contribution in [0.2, 0.25) is 5.02 Å². The van der Waals surface area contributed by atoms with Gasteiger partial charge in [0.25, 0.3) is 0 Å². The van der Waals surface area contributed by atoms with Gasteiger partial charge in [-0.05, 0) is 42.0 Å². The second-order valence-electron chi connectivity index (χ2n) is 5.76. The van der Waals surface area contributed by atoms with Gasteiger partial charge in [0.2, 0.25) is 0 Å². The number of aliphatic hydroxyl groups is 1. The van der Waals surface area contributed by atoms with Crippen LogP contribution in [0.15, 0.2) is 57.9 Å². The van der Waals surface area contributed by atoms with Crippen molar-refractivity contribution in [2.24, 2.45) is 5.41 Å². The van der Waals surface area contributed by atoms with Crippen molar-refractivity contribution < 1.29 is 13.5 Å². The highest BCUT2D eigenvalue weighted by Crippen LogP contribution is 2.63. The number of aliphatic hydroxyl groups excluding tert-OH is 1. The van der Waals surface area contributed by atoms with Crippen LogP contribution in [0.1, 0.15) is 11.5 Å². The summed E-state index contributed by atoms with van der Waals surface area (Å²) in [5, 5.41) is 18.8. The van der Waals surface area contributed by atoms with E-state index in [-0.39, 0.29) is 4.90 Å². The van der Waals surface area contributed by atoms with E-state index in [0.717, 1.165) is 10.0 Å². The molecule has 24 heavy (non-hydrogen) atoms. The Labute approximate surface area is 153 Å². The van der Waals surface area contributed by atoms with Crippen molar-refractivity contribution in [2.45, 2.75) is 16.1 Å². The first-order valence-corrected chi connectivity index (χ1v) is 9.85. The van der Waals surface area contributed by atoms with E-state index in [4.69, 9.17) is 11.6 Å². The van der Waals surface area contributed by atoms with Crippen molar-refractivity contribution in [3.8, 4) is 6.07 Å². The van der Waals surface area contributed by atoms with Gasteiger partial charge >= 0.3 is 0 Å². The average molecular weight is 427 g/mol. The summed E-state index contributed by atoms with van der Waals surface area (Å²) in [5.41, 5.74) is -0.608. The molecule has 0 spiro atoms. The molecule has 0 unspecified atom stereocenters. The Kier molecular flexibility index (Phi) is 4.47. The Balaban J connectivity index is 2.06. The van der Waals surface area contributed by atoms with Gasteiger partial charge in [-0.15, -0.1) is 0 Å². The normalized spacial score (nSPS) is 25.9. The largest absolute Gasteiger partial charge is 0.395 e. The Morgan fingerprint density at radius 1 is 1.17 bits per heavy atom. The van der Waals surface area contributed by atoms with Crippen LogP contribution in [0.3, 0.4) is 0 Å². The molecule has 1 fully saturated rings. The summed E-state index contributed by atoms with van der Waals surface area (Å²) in [4.78, 5) is 0.101. The number of sulfone groups is 1. The van der Waals surface area contributed by atoms with Gasteiger partial charge in [0.05, 0.1) is 22.8 Å². The minimum absolute atomic E-state index is 0.101. The first kappa shape index (κ1) is 17.4. The second-order valence-corrected chi connectivity index (χ2v) is 9.18. The summed E-state index contributed by atoms with van der Waals surface area (Å²) in [6, 6.07) is 15.0. The second kappa shape index (κ2) is 6.16. The molecule has 0 radical (unpaired) electrons. The van der Waals surface area contributed by atoms with E-state index in [2.05, 4.69) is 15.9 Å². The van der Waals surface area contributed by atoms with Gasteiger partial charge in [0.15, 0.2) is 9.84 Å². The van der Waals surface area contributed by atoms with Crippen molar-refractivity contribution >= 4 is 37.4 Å². The molecule has 1 saturated carbocycles. The number of nitrogens with zero attached hydrogens (tertiary/aromatic N) is 1. The number of hydrogen-bond donors (Lipinski definition) is 1. The van der Waals surface area contributed by atoms with Crippen LogP contribution in [0.5, 0.6) is 0 Å². The van der Waals surface area contributed by atoms with Crippen LogP contribution >= 0.6 is 27.5 Å². The van der Waals surface area contributed by atoms with Crippen LogP contribution in [-0.4, -0.2) is 25.4 Å². The third kappa shape index (κ3) is 2.66. The van der Waals surface area contributed by atoms with Crippen LogP contribution in [0, 0.1) is 16.7 Å². The molecule has 7 heteroatoms. The quantitative estimate of drug-likeness (QED) is 0.811. The Morgan fingerprint density at radius 3 is 2.25 bits per heavy atom. The maximum atomic E-state index is 13.0. The molecule has 1 aliphatic rings. The average Bonchev–Trinajstić information content (AvgIpc) is 3.26. The fourth-order valence-corrected chi connectivity index (χ4v) is 5.84. The van der Waals surface area contributed by atoms with E-state index in [1.807, 2.05) is 6.07 Å². The zero-order valence-electron chi connectivity index (χ0n) is 12.4. The van der Waals surface area contributed by atoms with E-state index < -0.39 is 33.0 Å². The highest BCUT2D eigenvalue weighted by molar-refractivity contribution is 9.10. The molecule has 2 aromatic carbocycles. The van der Waals surface area contributed by atoms with E-state index in [0.29, 0.717) is 5.02 Å². The molecular weight excluding hydrogens is 414 g/mol. The van der Waals surface area contributed by atoms with Gasteiger partial charge in [-0.25, -0.2) is 8.42 Å². The van der Waals surface area contributed by atoms with Crippen LogP contribution in [0.4, 0.5) is 0 Å². The van der Waals surface area contributed by atoms with E-state index >= 15 is 0 Å². The maximum absolute atomic E-state index is 13.0. The molecule has 0 aromatic heterocycles. The van der Waals surface area contributed by atoms with Gasteiger partial charge in [0, 0.05) is 15.4 Å². The summed E-state index contributed by atoms with van der Waals surface area (Å²) in [7, 11) is -3.77. The highest BCUT2D eigenvalue weighted by Gasteiger charge is 2.72. The third-order valence-corrected chi connectivity index (χ3v) is 7.50. The minimum Gasteiger partial charge on any atom is -0.395 e. The third-order valence-electron chi connectivity index (χ3n) is 4.43. The first-order chi connectivity index (χ1) is 11.4. The fourth-order valence-electron chi connectivity index (χ4n) is 3.13. The maximum Gasteiger partial charge on any atom is 0.183 e. The molecule has 3 atom stereocenters. The van der Waals surface area contributed by atoms with Gasteiger partial charge in [-0.3, -0.25) is 0 Å². The molecule has 0 aliphatic heterocycles. The number of hydrogen-bond acceptors (Lipinski definition) is 4. The standard InChI is InChI=1S/C17H13BrClNO3S/c18-12-3-1-11(2-4-12)15-16(17(15,9-20)10-21)24(22,23)14-7-5-13(19)6-8-14/h1-8,15-16,21H,10H2/t15-,16-,17+/m0/s1. The van der Waals surface area contributed by atoms with Gasteiger partial charge < -0.3 is 5.11 Å². The van der Waals surface area contributed by atoms with Crippen LogP contribution < -0.4 is 0 Å². The monoisotopic (exact) mass is 425 g/mol. The van der Waals surface area contributed by atoms with Crippen molar-refractivity contribution in [1.82, 2.24) is 0 Å². The first-order valence-electron chi connectivity index (χ1n) is 7.14. The summed E-state index contributed by atoms with van der Waals surface area (Å²) < 4.78 is 26.8. The fraction of sp³-hybridized carbons (Fsp3) is 0.235. The Morgan fingerprint density at radius 2 is 1.75 bits per heavy atom. The molecule has 0 amide bonds. The molecule has 124 valence electrons. The van der Waals surface area contributed by atoms with Crippen molar-refractivity contribution in [1.29, 1.82) is 5.26 Å². The highest BCUT2D eigenvalue weighted by atomic mass is 79.9. The van der Waals surface area contributed by atoms with Gasteiger partial charge in [-0.2, -0.15) is 5.26 Å². The zero-order valence-corrected chi connectivity index (χ0v) is 15.5. The Hall–Kier alpha value is -1.39. The predicted molar refractivity (Wildman–Crippen MR) is 94.4 cm³/mol. The van der Waals surface area contributed by atoms with E-state index in [1.165, 1.54) is 24.3 Å². The molecule has 0 bridgehead atoms. The van der Waals surface area contributed by atoms with E-state index in [9.17, 15) is 18.8 Å². The number of rotatable bonds is 4.